The highest BCUT2D eigenvalue weighted by Gasteiger charge is 2.31. The zero-order valence-electron chi connectivity index (χ0n) is 18.0. The molecule has 1 aromatic heterocycles. The Hall–Kier alpha value is -1.55. The van der Waals surface area contributed by atoms with Crippen LogP contribution >= 0.6 is 11.8 Å². The van der Waals surface area contributed by atoms with Gasteiger partial charge in [0.25, 0.3) is 0 Å². The van der Waals surface area contributed by atoms with Gasteiger partial charge >= 0.3 is 0 Å². The van der Waals surface area contributed by atoms with Crippen LogP contribution in [0.3, 0.4) is 0 Å². The number of nitrogens with zero attached hydrogens (tertiary/aromatic N) is 3. The van der Waals surface area contributed by atoms with Crippen molar-refractivity contribution in [3.63, 3.8) is 0 Å². The maximum Gasteiger partial charge on any atom is 0.166 e. The second-order valence-electron chi connectivity index (χ2n) is 9.21. The van der Waals surface area contributed by atoms with Crippen LogP contribution in [-0.2, 0) is 6.54 Å². The molecule has 4 heteroatoms. The topological polar surface area (TPSA) is 28.5 Å². The number of aliphatic imine (C=N–C) groups is 1. The predicted molar refractivity (Wildman–Crippen MR) is 121 cm³/mol. The van der Waals surface area contributed by atoms with Crippen molar-refractivity contribution in [3.8, 4) is 0 Å². The molecule has 3 nitrogen and oxygen atoms in total. The molecule has 4 rings (SSSR count). The number of rotatable bonds is 3. The van der Waals surface area contributed by atoms with Gasteiger partial charge in [-0.15, -0.1) is 0 Å². The molecule has 0 radical (unpaired) electrons. The number of benzene rings is 1. The maximum absolute atomic E-state index is 5.10. The van der Waals surface area contributed by atoms with E-state index in [1.54, 1.807) is 11.8 Å². The Kier molecular flexibility index (Phi) is 5.69. The summed E-state index contributed by atoms with van der Waals surface area (Å²) in [4.78, 5) is 12.7. The van der Waals surface area contributed by atoms with Crippen LogP contribution in [0.1, 0.15) is 63.1 Å². The standard InChI is InChI=1S/C24H33N3S/c1-15(2)13-25-24-27(20-10-6-16(3)7-11-20)14-19-12-21-17(4)8-9-18(5)22(21)26-23(19)28-24/h8-9,12,15-16,20H,6-7,10-11,13-14H2,1-5H3. The fourth-order valence-electron chi connectivity index (χ4n) is 4.38. The molecular formula is C24H33N3S. The quantitative estimate of drug-likeness (QED) is 0.606. The number of pyridine rings is 1. The third-order valence-corrected chi connectivity index (χ3v) is 7.33. The summed E-state index contributed by atoms with van der Waals surface area (Å²) >= 11 is 1.80. The van der Waals surface area contributed by atoms with E-state index in [-0.39, 0.29) is 0 Å². The lowest BCUT2D eigenvalue weighted by atomic mass is 9.86. The Morgan fingerprint density at radius 3 is 2.57 bits per heavy atom. The molecule has 0 unspecified atom stereocenters. The third-order valence-electron chi connectivity index (χ3n) is 6.24. The SMILES string of the molecule is Cc1ccc(C)c2nc3c(cc12)CN(C1CCC(C)CC1)C(=NCC(C)C)S3. The van der Waals surface area contributed by atoms with Crippen molar-refractivity contribution in [2.24, 2.45) is 16.8 Å². The Labute approximate surface area is 174 Å². The number of amidine groups is 1. The summed E-state index contributed by atoms with van der Waals surface area (Å²) in [5, 5.41) is 3.65. The summed E-state index contributed by atoms with van der Waals surface area (Å²) < 4.78 is 0. The van der Waals surface area contributed by atoms with Crippen LogP contribution in [0, 0.1) is 25.7 Å². The van der Waals surface area contributed by atoms with Gasteiger partial charge in [-0.2, -0.15) is 0 Å². The molecule has 0 bridgehead atoms. The first-order chi connectivity index (χ1) is 13.4. The van der Waals surface area contributed by atoms with Gasteiger partial charge in [0.1, 0.15) is 5.03 Å². The number of aryl methyl sites for hydroxylation is 2. The molecule has 1 aromatic carbocycles. The second-order valence-corrected chi connectivity index (χ2v) is 10.2. The van der Waals surface area contributed by atoms with Crippen LogP contribution in [0.25, 0.3) is 10.9 Å². The van der Waals surface area contributed by atoms with E-state index in [0.29, 0.717) is 12.0 Å². The van der Waals surface area contributed by atoms with Gasteiger partial charge in [-0.3, -0.25) is 4.99 Å². The fourth-order valence-corrected chi connectivity index (χ4v) is 5.41. The molecule has 0 N–H and O–H groups in total. The largest absolute Gasteiger partial charge is 0.344 e. The fraction of sp³-hybridized carbons (Fsp3) is 0.583. The van der Waals surface area contributed by atoms with E-state index in [1.165, 1.54) is 52.9 Å². The van der Waals surface area contributed by atoms with E-state index >= 15 is 0 Å². The monoisotopic (exact) mass is 395 g/mol. The first-order valence-electron chi connectivity index (χ1n) is 10.8. The Bertz CT molecular complexity index is 894. The molecule has 1 aliphatic heterocycles. The first-order valence-corrected chi connectivity index (χ1v) is 11.6. The molecule has 1 aliphatic carbocycles. The van der Waals surface area contributed by atoms with Crippen molar-refractivity contribution in [3.05, 3.63) is 34.9 Å². The first kappa shape index (κ1) is 19.8. The number of thioether (sulfide) groups is 1. The van der Waals surface area contributed by atoms with Gasteiger partial charge in [0.15, 0.2) is 5.17 Å². The van der Waals surface area contributed by atoms with E-state index in [9.17, 15) is 0 Å². The lowest BCUT2D eigenvalue weighted by Gasteiger charge is -2.40. The highest BCUT2D eigenvalue weighted by Crippen LogP contribution is 2.38. The van der Waals surface area contributed by atoms with Crippen LogP contribution in [0.15, 0.2) is 28.2 Å². The summed E-state index contributed by atoms with van der Waals surface area (Å²) in [5.74, 6) is 1.45. The molecular weight excluding hydrogens is 362 g/mol. The molecule has 1 saturated carbocycles. The highest BCUT2D eigenvalue weighted by molar-refractivity contribution is 8.13. The van der Waals surface area contributed by atoms with Gasteiger partial charge in [-0.05, 0) is 80.3 Å². The normalized spacial score (nSPS) is 24.2. The minimum atomic E-state index is 0.581. The summed E-state index contributed by atoms with van der Waals surface area (Å²) in [6, 6.07) is 7.42. The Morgan fingerprint density at radius 1 is 1.14 bits per heavy atom. The second kappa shape index (κ2) is 8.06. The Balaban J connectivity index is 1.73. The van der Waals surface area contributed by atoms with Gasteiger partial charge in [-0.1, -0.05) is 32.9 Å². The van der Waals surface area contributed by atoms with Crippen molar-refractivity contribution in [2.45, 2.75) is 77.9 Å². The molecule has 150 valence electrons. The van der Waals surface area contributed by atoms with Gasteiger partial charge in [-0.25, -0.2) is 4.98 Å². The van der Waals surface area contributed by atoms with Crippen molar-refractivity contribution >= 4 is 27.8 Å². The van der Waals surface area contributed by atoms with Gasteiger partial charge in [0, 0.05) is 30.1 Å². The van der Waals surface area contributed by atoms with E-state index in [4.69, 9.17) is 9.98 Å². The van der Waals surface area contributed by atoms with E-state index in [0.717, 1.165) is 29.6 Å². The smallest absolute Gasteiger partial charge is 0.166 e. The highest BCUT2D eigenvalue weighted by atomic mass is 32.2. The van der Waals surface area contributed by atoms with Crippen molar-refractivity contribution in [2.75, 3.05) is 6.54 Å². The molecule has 0 spiro atoms. The summed E-state index contributed by atoms with van der Waals surface area (Å²) in [7, 11) is 0. The number of hydrogen-bond donors (Lipinski definition) is 0. The van der Waals surface area contributed by atoms with Crippen LogP contribution in [0.2, 0.25) is 0 Å². The number of aromatic nitrogens is 1. The molecule has 2 aromatic rings. The molecule has 1 fully saturated rings. The van der Waals surface area contributed by atoms with Gasteiger partial charge in [0.2, 0.25) is 0 Å². The lowest BCUT2D eigenvalue weighted by molar-refractivity contribution is 0.208. The number of hydrogen-bond acceptors (Lipinski definition) is 3. The zero-order valence-corrected chi connectivity index (χ0v) is 18.8. The average Bonchev–Trinajstić information content (AvgIpc) is 2.68. The van der Waals surface area contributed by atoms with Gasteiger partial charge < -0.3 is 4.90 Å². The molecule has 0 saturated heterocycles. The molecule has 2 heterocycles. The van der Waals surface area contributed by atoms with Crippen molar-refractivity contribution < 1.29 is 0 Å². The summed E-state index contributed by atoms with van der Waals surface area (Å²) in [5.41, 5.74) is 5.09. The van der Waals surface area contributed by atoms with E-state index in [1.807, 2.05) is 0 Å². The van der Waals surface area contributed by atoms with E-state index < -0.39 is 0 Å². The van der Waals surface area contributed by atoms with Crippen LogP contribution in [-0.4, -0.2) is 27.6 Å². The third kappa shape index (κ3) is 3.94. The van der Waals surface area contributed by atoms with Crippen molar-refractivity contribution in [1.82, 2.24) is 9.88 Å². The summed E-state index contributed by atoms with van der Waals surface area (Å²) in [6.07, 6.45) is 5.25. The molecule has 0 amide bonds. The Morgan fingerprint density at radius 2 is 1.86 bits per heavy atom. The van der Waals surface area contributed by atoms with Gasteiger partial charge in [0.05, 0.1) is 5.52 Å². The van der Waals surface area contributed by atoms with Crippen LogP contribution in [0.5, 0.6) is 0 Å². The number of fused-ring (bicyclic) bond motifs is 2. The van der Waals surface area contributed by atoms with Crippen LogP contribution < -0.4 is 0 Å². The molecule has 0 atom stereocenters. The predicted octanol–water partition coefficient (Wildman–Crippen LogP) is 6.35. The average molecular weight is 396 g/mol. The minimum absolute atomic E-state index is 0.581. The molecule has 2 aliphatic rings. The minimum Gasteiger partial charge on any atom is -0.344 e. The lowest BCUT2D eigenvalue weighted by Crippen LogP contribution is -2.42. The maximum atomic E-state index is 5.10. The summed E-state index contributed by atoms with van der Waals surface area (Å²) in [6.45, 7) is 13.1. The van der Waals surface area contributed by atoms with E-state index in [2.05, 4.69) is 57.7 Å². The molecule has 28 heavy (non-hydrogen) atoms. The van der Waals surface area contributed by atoms with Crippen LogP contribution in [0.4, 0.5) is 0 Å². The zero-order chi connectivity index (χ0) is 19.8. The van der Waals surface area contributed by atoms with Crippen molar-refractivity contribution in [1.29, 1.82) is 0 Å².